The Kier molecular flexibility index (Phi) is 4.32. The molecule has 4 N–H and O–H groups in total. The highest BCUT2D eigenvalue weighted by molar-refractivity contribution is 5.97. The van der Waals surface area contributed by atoms with E-state index in [9.17, 15) is 14.7 Å². The summed E-state index contributed by atoms with van der Waals surface area (Å²) in [5.74, 6) is 0.153. The fourth-order valence-corrected chi connectivity index (χ4v) is 1.95. The van der Waals surface area contributed by atoms with Crippen LogP contribution in [0.15, 0.2) is 40.8 Å². The number of primary amides is 1. The normalized spacial score (nSPS) is 13.4. The summed E-state index contributed by atoms with van der Waals surface area (Å²) in [6.45, 7) is 3.33. The molecule has 1 aromatic heterocycles. The zero-order chi connectivity index (χ0) is 16.3. The van der Waals surface area contributed by atoms with Crippen LogP contribution in [0.25, 0.3) is 0 Å². The van der Waals surface area contributed by atoms with E-state index in [2.05, 4.69) is 5.32 Å². The van der Waals surface area contributed by atoms with Gasteiger partial charge in [0.2, 0.25) is 5.91 Å². The van der Waals surface area contributed by atoms with E-state index in [4.69, 9.17) is 10.2 Å². The van der Waals surface area contributed by atoms with Crippen LogP contribution < -0.4 is 11.1 Å². The van der Waals surface area contributed by atoms with Gasteiger partial charge < -0.3 is 20.6 Å². The first-order chi connectivity index (χ1) is 10.3. The highest BCUT2D eigenvalue weighted by Gasteiger charge is 2.27. The van der Waals surface area contributed by atoms with Crippen LogP contribution in [0.5, 0.6) is 0 Å². The van der Waals surface area contributed by atoms with Gasteiger partial charge in [-0.25, -0.2) is 0 Å². The predicted molar refractivity (Wildman–Crippen MR) is 80.3 cm³/mol. The zero-order valence-electron chi connectivity index (χ0n) is 12.4. The van der Waals surface area contributed by atoms with E-state index in [1.54, 1.807) is 26.0 Å². The molecule has 0 aliphatic carbocycles. The maximum atomic E-state index is 12.0. The third kappa shape index (κ3) is 3.53. The molecule has 2 aromatic rings. The summed E-state index contributed by atoms with van der Waals surface area (Å²) in [6, 6.07) is 9.37. The number of furan rings is 1. The number of nitrogens with two attached hydrogens (primary N) is 1. The Bertz CT molecular complexity index is 686. The van der Waals surface area contributed by atoms with E-state index < -0.39 is 11.5 Å². The molecule has 0 fully saturated rings. The first-order valence-electron chi connectivity index (χ1n) is 6.77. The largest absolute Gasteiger partial charge is 0.463 e. The summed E-state index contributed by atoms with van der Waals surface area (Å²) in [4.78, 5) is 23.0. The predicted octanol–water partition coefficient (Wildman–Crippen LogP) is 1.32. The molecule has 2 rings (SSSR count). The lowest BCUT2D eigenvalue weighted by atomic mass is 10.0. The van der Waals surface area contributed by atoms with Gasteiger partial charge in [0.25, 0.3) is 5.91 Å². The Labute approximate surface area is 127 Å². The molecule has 0 aliphatic rings. The SMILES string of the molecule is Cc1ccc(C(C)(O)CNC(=O)c2ccc(C(N)=O)cc2)o1. The number of carbonyl (C=O) groups excluding carboxylic acids is 2. The van der Waals surface area contributed by atoms with Gasteiger partial charge in [0, 0.05) is 11.1 Å². The topological polar surface area (TPSA) is 106 Å². The molecule has 1 atom stereocenters. The monoisotopic (exact) mass is 302 g/mol. The van der Waals surface area contributed by atoms with Gasteiger partial charge in [0.1, 0.15) is 17.1 Å². The quantitative estimate of drug-likeness (QED) is 0.774. The number of hydrogen-bond donors (Lipinski definition) is 3. The second-order valence-corrected chi connectivity index (χ2v) is 5.31. The molecule has 0 saturated heterocycles. The van der Waals surface area contributed by atoms with Crippen LogP contribution in [0.4, 0.5) is 0 Å². The first-order valence-corrected chi connectivity index (χ1v) is 6.77. The summed E-state index contributed by atoms with van der Waals surface area (Å²) in [5, 5.41) is 13.0. The maximum absolute atomic E-state index is 12.0. The van der Waals surface area contributed by atoms with Crippen LogP contribution >= 0.6 is 0 Å². The first kappa shape index (κ1) is 15.8. The van der Waals surface area contributed by atoms with E-state index in [0.717, 1.165) is 0 Å². The van der Waals surface area contributed by atoms with Gasteiger partial charge in [-0.3, -0.25) is 9.59 Å². The number of rotatable bonds is 5. The molecular weight excluding hydrogens is 284 g/mol. The minimum Gasteiger partial charge on any atom is -0.463 e. The Morgan fingerprint density at radius 2 is 1.77 bits per heavy atom. The number of aliphatic hydroxyl groups is 1. The van der Waals surface area contributed by atoms with Crippen molar-refractivity contribution in [3.8, 4) is 0 Å². The molecule has 0 saturated carbocycles. The van der Waals surface area contributed by atoms with Crippen molar-refractivity contribution < 1.29 is 19.1 Å². The van der Waals surface area contributed by atoms with Crippen molar-refractivity contribution in [2.45, 2.75) is 19.4 Å². The van der Waals surface area contributed by atoms with Crippen molar-refractivity contribution in [1.29, 1.82) is 0 Å². The number of carbonyl (C=O) groups is 2. The van der Waals surface area contributed by atoms with Gasteiger partial charge in [0.05, 0.1) is 6.54 Å². The lowest BCUT2D eigenvalue weighted by Gasteiger charge is -2.21. The molecule has 116 valence electrons. The Morgan fingerprint density at radius 1 is 1.18 bits per heavy atom. The minimum absolute atomic E-state index is 0.00361. The van der Waals surface area contributed by atoms with Crippen molar-refractivity contribution in [2.75, 3.05) is 6.54 Å². The van der Waals surface area contributed by atoms with Gasteiger partial charge in [-0.2, -0.15) is 0 Å². The highest BCUT2D eigenvalue weighted by atomic mass is 16.4. The van der Waals surface area contributed by atoms with Crippen LogP contribution in [0.2, 0.25) is 0 Å². The molecule has 2 amide bonds. The number of amides is 2. The molecule has 6 heteroatoms. The van der Waals surface area contributed by atoms with Crippen molar-refractivity contribution in [1.82, 2.24) is 5.32 Å². The van der Waals surface area contributed by atoms with Crippen molar-refractivity contribution in [2.24, 2.45) is 5.73 Å². The van der Waals surface area contributed by atoms with Gasteiger partial charge in [-0.1, -0.05) is 0 Å². The summed E-state index contributed by atoms with van der Waals surface area (Å²) < 4.78 is 5.38. The Morgan fingerprint density at radius 3 is 2.27 bits per heavy atom. The number of benzene rings is 1. The fourth-order valence-electron chi connectivity index (χ4n) is 1.95. The molecule has 1 heterocycles. The second-order valence-electron chi connectivity index (χ2n) is 5.31. The van der Waals surface area contributed by atoms with Crippen molar-refractivity contribution >= 4 is 11.8 Å². The van der Waals surface area contributed by atoms with E-state index in [1.165, 1.54) is 24.3 Å². The Hall–Kier alpha value is -2.60. The summed E-state index contributed by atoms with van der Waals surface area (Å²) >= 11 is 0. The van der Waals surface area contributed by atoms with Crippen molar-refractivity contribution in [3.05, 3.63) is 59.0 Å². The van der Waals surface area contributed by atoms with Gasteiger partial charge >= 0.3 is 0 Å². The number of hydrogen-bond acceptors (Lipinski definition) is 4. The van der Waals surface area contributed by atoms with E-state index in [-0.39, 0.29) is 12.5 Å². The molecule has 22 heavy (non-hydrogen) atoms. The highest BCUT2D eigenvalue weighted by Crippen LogP contribution is 2.22. The third-order valence-corrected chi connectivity index (χ3v) is 3.30. The van der Waals surface area contributed by atoms with Crippen LogP contribution in [0, 0.1) is 6.92 Å². The van der Waals surface area contributed by atoms with E-state index in [0.29, 0.717) is 22.6 Å². The smallest absolute Gasteiger partial charge is 0.251 e. The van der Waals surface area contributed by atoms with Crippen molar-refractivity contribution in [3.63, 3.8) is 0 Å². The summed E-state index contributed by atoms with van der Waals surface area (Å²) in [7, 11) is 0. The molecule has 1 aromatic carbocycles. The number of aryl methyl sites for hydroxylation is 1. The molecule has 6 nitrogen and oxygen atoms in total. The average molecular weight is 302 g/mol. The molecule has 1 unspecified atom stereocenters. The van der Waals surface area contributed by atoms with Gasteiger partial charge in [-0.15, -0.1) is 0 Å². The number of nitrogens with one attached hydrogen (secondary N) is 1. The molecule has 0 spiro atoms. The minimum atomic E-state index is -1.31. The van der Waals surface area contributed by atoms with E-state index in [1.807, 2.05) is 0 Å². The third-order valence-electron chi connectivity index (χ3n) is 3.30. The van der Waals surface area contributed by atoms with Gasteiger partial charge in [0.15, 0.2) is 0 Å². The van der Waals surface area contributed by atoms with E-state index >= 15 is 0 Å². The van der Waals surface area contributed by atoms with Crippen LogP contribution in [-0.2, 0) is 5.60 Å². The lowest BCUT2D eigenvalue weighted by molar-refractivity contribution is 0.0323. The fraction of sp³-hybridized carbons (Fsp3) is 0.250. The average Bonchev–Trinajstić information content (AvgIpc) is 2.92. The molecular formula is C16H18N2O4. The lowest BCUT2D eigenvalue weighted by Crippen LogP contribution is -2.38. The molecule has 0 bridgehead atoms. The molecule has 0 aliphatic heterocycles. The maximum Gasteiger partial charge on any atom is 0.251 e. The second kappa shape index (κ2) is 6.03. The van der Waals surface area contributed by atoms with Crippen LogP contribution in [-0.4, -0.2) is 23.5 Å². The van der Waals surface area contributed by atoms with Gasteiger partial charge in [-0.05, 0) is 50.2 Å². The summed E-state index contributed by atoms with van der Waals surface area (Å²) in [5.41, 5.74) is 4.53. The van der Waals surface area contributed by atoms with Crippen LogP contribution in [0.3, 0.4) is 0 Å². The summed E-state index contributed by atoms with van der Waals surface area (Å²) in [6.07, 6.45) is 0. The van der Waals surface area contributed by atoms with Crippen LogP contribution in [0.1, 0.15) is 39.2 Å². The standard InChI is InChI=1S/C16H18N2O4/c1-10-3-8-13(22-10)16(2,21)9-18-15(20)12-6-4-11(5-7-12)14(17)19/h3-8,21H,9H2,1-2H3,(H2,17,19)(H,18,20). The Balaban J connectivity index is 2.01. The molecule has 0 radical (unpaired) electrons. The zero-order valence-corrected chi connectivity index (χ0v) is 12.4.